The zero-order valence-corrected chi connectivity index (χ0v) is 19.3. The summed E-state index contributed by atoms with van der Waals surface area (Å²) in [6.07, 6.45) is 2.65. The van der Waals surface area contributed by atoms with Crippen molar-refractivity contribution in [3.8, 4) is 11.1 Å². The van der Waals surface area contributed by atoms with Crippen LogP contribution in [0.15, 0.2) is 48.5 Å². The highest BCUT2D eigenvalue weighted by molar-refractivity contribution is 5.87. The number of nitrogens with zero attached hydrogens (tertiary/aromatic N) is 1. The molecule has 1 saturated carbocycles. The standard InChI is InChI=1S/C27H30N2O5/c1-17(24(30)29-14-18-8-6-7-13-27(18,16-29)25(31)32)28-26(33)34-15-23-21-11-4-2-9-19(21)20-10-3-5-12-22(20)23/h2-5,9-12,17-18,23H,6-8,13-16H2,1H3,(H,28,33)(H,31,32)/t17-,18?,27?/m0/s1. The van der Waals surface area contributed by atoms with Gasteiger partial charge in [-0.3, -0.25) is 9.59 Å². The van der Waals surface area contributed by atoms with Crippen LogP contribution >= 0.6 is 0 Å². The summed E-state index contributed by atoms with van der Waals surface area (Å²) in [5.41, 5.74) is 3.70. The van der Waals surface area contributed by atoms with E-state index in [1.54, 1.807) is 11.8 Å². The maximum absolute atomic E-state index is 13.0. The van der Waals surface area contributed by atoms with E-state index in [1.165, 1.54) is 0 Å². The Bertz CT molecular complexity index is 1090. The molecule has 2 N–H and O–H groups in total. The molecule has 2 aromatic carbocycles. The first-order chi connectivity index (χ1) is 16.4. The Hall–Kier alpha value is -3.35. The van der Waals surface area contributed by atoms with Gasteiger partial charge in [0.1, 0.15) is 12.6 Å². The molecule has 7 nitrogen and oxygen atoms in total. The van der Waals surface area contributed by atoms with Crippen LogP contribution in [0.1, 0.15) is 49.7 Å². The van der Waals surface area contributed by atoms with Crippen LogP contribution in [0.4, 0.5) is 4.79 Å². The minimum atomic E-state index is -0.850. The molecule has 2 aliphatic carbocycles. The van der Waals surface area contributed by atoms with Crippen LogP contribution in [-0.2, 0) is 14.3 Å². The van der Waals surface area contributed by atoms with Crippen LogP contribution in [0, 0.1) is 11.3 Å². The van der Waals surface area contributed by atoms with Gasteiger partial charge in [-0.05, 0) is 47.9 Å². The summed E-state index contributed by atoms with van der Waals surface area (Å²) in [5, 5.41) is 12.5. The molecular weight excluding hydrogens is 432 g/mol. The zero-order valence-electron chi connectivity index (χ0n) is 19.3. The number of carbonyl (C=O) groups is 3. The number of amides is 2. The largest absolute Gasteiger partial charge is 0.481 e. The van der Waals surface area contributed by atoms with E-state index in [0.29, 0.717) is 13.0 Å². The number of likely N-dealkylation sites (tertiary alicyclic amines) is 1. The van der Waals surface area contributed by atoms with Crippen molar-refractivity contribution in [3.05, 3.63) is 59.7 Å². The fourth-order valence-electron chi connectivity index (χ4n) is 6.13. The van der Waals surface area contributed by atoms with Crippen molar-refractivity contribution in [3.63, 3.8) is 0 Å². The number of alkyl carbamates (subject to hydrolysis) is 1. The first-order valence-electron chi connectivity index (χ1n) is 12.0. The monoisotopic (exact) mass is 462 g/mol. The third kappa shape index (κ3) is 3.73. The molecular formula is C27H30N2O5. The molecule has 2 unspecified atom stereocenters. The first kappa shape index (κ1) is 22.4. The molecule has 34 heavy (non-hydrogen) atoms. The number of ether oxygens (including phenoxy) is 1. The van der Waals surface area contributed by atoms with Gasteiger partial charge in [-0.1, -0.05) is 61.4 Å². The van der Waals surface area contributed by atoms with Gasteiger partial charge in [-0.25, -0.2) is 4.79 Å². The van der Waals surface area contributed by atoms with E-state index in [1.807, 2.05) is 24.3 Å². The SMILES string of the molecule is C[C@H](NC(=O)OCC1c2ccccc2-c2ccccc21)C(=O)N1CC2CCCCC2(C(=O)O)C1. The third-order valence-corrected chi connectivity index (χ3v) is 7.91. The minimum absolute atomic E-state index is 0.0237. The van der Waals surface area contributed by atoms with Gasteiger partial charge in [0.25, 0.3) is 0 Å². The lowest BCUT2D eigenvalue weighted by atomic mass is 9.68. The van der Waals surface area contributed by atoms with Crippen LogP contribution in [0.2, 0.25) is 0 Å². The molecule has 2 fully saturated rings. The average molecular weight is 463 g/mol. The molecule has 3 aliphatic rings. The second-order valence-electron chi connectivity index (χ2n) is 9.81. The number of rotatable bonds is 5. The number of carbonyl (C=O) groups excluding carboxylic acids is 2. The first-order valence-corrected chi connectivity index (χ1v) is 12.0. The van der Waals surface area contributed by atoms with E-state index in [9.17, 15) is 19.5 Å². The summed E-state index contributed by atoms with van der Waals surface area (Å²) in [6.45, 7) is 2.44. The molecule has 0 radical (unpaired) electrons. The predicted molar refractivity (Wildman–Crippen MR) is 126 cm³/mol. The van der Waals surface area contributed by atoms with Gasteiger partial charge in [0.15, 0.2) is 0 Å². The summed E-state index contributed by atoms with van der Waals surface area (Å²) in [5.74, 6) is -1.15. The van der Waals surface area contributed by atoms with Gasteiger partial charge in [0.2, 0.25) is 5.91 Å². The maximum atomic E-state index is 13.0. The summed E-state index contributed by atoms with van der Waals surface area (Å²) in [6, 6.07) is 15.4. The van der Waals surface area contributed by atoms with Crippen molar-refractivity contribution in [1.29, 1.82) is 0 Å². The number of nitrogens with one attached hydrogen (secondary N) is 1. The van der Waals surface area contributed by atoms with Crippen LogP contribution < -0.4 is 5.32 Å². The summed E-state index contributed by atoms with van der Waals surface area (Å²) in [4.78, 5) is 39.3. The second kappa shape index (κ2) is 8.78. The van der Waals surface area contributed by atoms with Gasteiger partial charge in [0.05, 0.1) is 5.41 Å². The molecule has 2 aromatic rings. The van der Waals surface area contributed by atoms with Crippen molar-refractivity contribution in [1.82, 2.24) is 10.2 Å². The highest BCUT2D eigenvalue weighted by Gasteiger charge is 2.54. The number of carboxylic acid groups (broad SMARTS) is 1. The quantitative estimate of drug-likeness (QED) is 0.700. The molecule has 0 aromatic heterocycles. The fraction of sp³-hybridized carbons (Fsp3) is 0.444. The average Bonchev–Trinajstić information content (AvgIpc) is 3.39. The van der Waals surface area contributed by atoms with Gasteiger partial charge in [-0.15, -0.1) is 0 Å². The highest BCUT2D eigenvalue weighted by atomic mass is 16.5. The van der Waals surface area contributed by atoms with Crippen LogP contribution in [0.25, 0.3) is 11.1 Å². The summed E-state index contributed by atoms with van der Waals surface area (Å²) >= 11 is 0. The molecule has 1 aliphatic heterocycles. The van der Waals surface area contributed by atoms with E-state index in [0.717, 1.165) is 41.5 Å². The molecule has 7 heteroatoms. The number of aliphatic carboxylic acids is 1. The van der Waals surface area contributed by atoms with Crippen LogP contribution in [0.3, 0.4) is 0 Å². The Morgan fingerprint density at radius 3 is 2.35 bits per heavy atom. The van der Waals surface area contributed by atoms with Crippen molar-refractivity contribution in [2.75, 3.05) is 19.7 Å². The number of carboxylic acids is 1. The molecule has 5 rings (SSSR count). The molecule has 2 amide bonds. The molecule has 3 atom stereocenters. The van der Waals surface area contributed by atoms with Crippen molar-refractivity contribution in [2.24, 2.45) is 11.3 Å². The highest BCUT2D eigenvalue weighted by Crippen LogP contribution is 2.47. The van der Waals surface area contributed by atoms with Gasteiger partial charge in [0, 0.05) is 19.0 Å². The number of hydrogen-bond donors (Lipinski definition) is 2. The fourth-order valence-corrected chi connectivity index (χ4v) is 6.13. The lowest BCUT2D eigenvalue weighted by molar-refractivity contribution is -0.152. The molecule has 1 heterocycles. The Kier molecular flexibility index (Phi) is 5.80. The van der Waals surface area contributed by atoms with E-state index < -0.39 is 23.5 Å². The van der Waals surface area contributed by atoms with Crippen molar-refractivity contribution >= 4 is 18.0 Å². The molecule has 0 bridgehead atoms. The smallest absolute Gasteiger partial charge is 0.407 e. The van der Waals surface area contributed by atoms with E-state index in [4.69, 9.17) is 4.74 Å². The van der Waals surface area contributed by atoms with Crippen molar-refractivity contribution in [2.45, 2.75) is 44.6 Å². The number of fused-ring (bicyclic) bond motifs is 4. The van der Waals surface area contributed by atoms with Gasteiger partial charge < -0.3 is 20.1 Å². The maximum Gasteiger partial charge on any atom is 0.407 e. The Morgan fingerprint density at radius 1 is 1.09 bits per heavy atom. The Balaban J connectivity index is 1.20. The summed E-state index contributed by atoms with van der Waals surface area (Å²) in [7, 11) is 0. The van der Waals surface area contributed by atoms with Crippen LogP contribution in [0.5, 0.6) is 0 Å². The Labute approximate surface area is 199 Å². The lowest BCUT2D eigenvalue weighted by Crippen LogP contribution is -2.47. The van der Waals surface area contributed by atoms with Gasteiger partial charge in [-0.2, -0.15) is 0 Å². The molecule has 0 spiro atoms. The molecule has 178 valence electrons. The second-order valence-corrected chi connectivity index (χ2v) is 9.81. The van der Waals surface area contributed by atoms with Gasteiger partial charge >= 0.3 is 12.1 Å². The third-order valence-electron chi connectivity index (χ3n) is 7.91. The van der Waals surface area contributed by atoms with E-state index >= 15 is 0 Å². The van der Waals surface area contributed by atoms with Crippen LogP contribution in [-0.4, -0.2) is 53.7 Å². The molecule has 1 saturated heterocycles. The lowest BCUT2D eigenvalue weighted by Gasteiger charge is -2.34. The summed E-state index contributed by atoms with van der Waals surface area (Å²) < 4.78 is 5.56. The number of benzene rings is 2. The predicted octanol–water partition coefficient (Wildman–Crippen LogP) is 4.02. The topological polar surface area (TPSA) is 95.9 Å². The zero-order chi connectivity index (χ0) is 23.9. The Morgan fingerprint density at radius 2 is 1.74 bits per heavy atom. The van der Waals surface area contributed by atoms with Crippen molar-refractivity contribution < 1.29 is 24.2 Å². The number of hydrogen-bond acceptors (Lipinski definition) is 4. The normalized spacial score (nSPS) is 24.0. The van der Waals surface area contributed by atoms with E-state index in [2.05, 4.69) is 29.6 Å². The van der Waals surface area contributed by atoms with E-state index in [-0.39, 0.29) is 30.9 Å². The minimum Gasteiger partial charge on any atom is -0.481 e.